The van der Waals surface area contributed by atoms with E-state index in [1.807, 2.05) is 42.5 Å². The van der Waals surface area contributed by atoms with Crippen molar-refractivity contribution in [3.05, 3.63) is 48.5 Å². The van der Waals surface area contributed by atoms with E-state index in [1.165, 1.54) is 23.1 Å². The van der Waals surface area contributed by atoms with Crippen LogP contribution in [-0.2, 0) is 4.79 Å². The molecule has 7 nitrogen and oxygen atoms in total. The molecule has 0 radical (unpaired) electrons. The number of carbonyl (C=O) groups excluding carboxylic acids is 1. The summed E-state index contributed by atoms with van der Waals surface area (Å²) in [5, 5.41) is 14.9. The van der Waals surface area contributed by atoms with Gasteiger partial charge in [-0.2, -0.15) is 0 Å². The van der Waals surface area contributed by atoms with Crippen molar-refractivity contribution in [3.8, 4) is 11.5 Å². The van der Waals surface area contributed by atoms with Gasteiger partial charge in [-0.25, -0.2) is 0 Å². The molecule has 0 unspecified atom stereocenters. The zero-order valence-electron chi connectivity index (χ0n) is 14.8. The maximum atomic E-state index is 12.1. The van der Waals surface area contributed by atoms with Gasteiger partial charge in [0, 0.05) is 17.4 Å². The molecule has 27 heavy (non-hydrogen) atoms. The molecule has 0 saturated carbocycles. The summed E-state index contributed by atoms with van der Waals surface area (Å²) in [5.41, 5.74) is 1.58. The number of ether oxygens (including phenoxy) is 2. The van der Waals surface area contributed by atoms with Crippen LogP contribution >= 0.6 is 23.1 Å². The number of rotatable bonds is 8. The average Bonchev–Trinajstić information content (AvgIpc) is 3.14. The quantitative estimate of drug-likeness (QED) is 0.550. The van der Waals surface area contributed by atoms with Gasteiger partial charge in [-0.05, 0) is 36.4 Å². The minimum atomic E-state index is -0.117. The van der Waals surface area contributed by atoms with Gasteiger partial charge in [0.1, 0.15) is 11.5 Å². The van der Waals surface area contributed by atoms with Crippen LogP contribution < -0.4 is 20.1 Å². The Bertz CT molecular complexity index is 900. The summed E-state index contributed by atoms with van der Waals surface area (Å²) < 4.78 is 11.0. The van der Waals surface area contributed by atoms with E-state index in [9.17, 15) is 4.79 Å². The molecule has 0 aliphatic rings. The lowest BCUT2D eigenvalue weighted by atomic mass is 10.3. The number of methoxy groups -OCH3 is 2. The number of carbonyl (C=O) groups is 1. The molecule has 0 aliphatic carbocycles. The van der Waals surface area contributed by atoms with Gasteiger partial charge in [-0.1, -0.05) is 29.2 Å². The molecule has 2 N–H and O–H groups in total. The Balaban J connectivity index is 1.50. The zero-order valence-corrected chi connectivity index (χ0v) is 16.4. The zero-order chi connectivity index (χ0) is 19.1. The second-order valence-corrected chi connectivity index (χ2v) is 7.50. The molecule has 1 aromatic heterocycles. The number of hydrogen-bond acceptors (Lipinski definition) is 8. The van der Waals surface area contributed by atoms with E-state index in [4.69, 9.17) is 9.47 Å². The Kier molecular flexibility index (Phi) is 6.50. The van der Waals surface area contributed by atoms with Crippen molar-refractivity contribution in [1.82, 2.24) is 10.2 Å². The first kappa shape index (κ1) is 19.0. The fraction of sp³-hybridized carbons (Fsp3) is 0.167. The number of thioether (sulfide) groups is 1. The molecule has 0 spiro atoms. The van der Waals surface area contributed by atoms with Gasteiger partial charge in [-0.15, -0.1) is 10.2 Å². The van der Waals surface area contributed by atoms with E-state index >= 15 is 0 Å². The number of benzene rings is 2. The largest absolute Gasteiger partial charge is 0.497 e. The van der Waals surface area contributed by atoms with Gasteiger partial charge >= 0.3 is 0 Å². The van der Waals surface area contributed by atoms with Gasteiger partial charge in [0.2, 0.25) is 11.0 Å². The fourth-order valence-electron chi connectivity index (χ4n) is 2.14. The van der Waals surface area contributed by atoms with Crippen molar-refractivity contribution >= 4 is 45.5 Å². The summed E-state index contributed by atoms with van der Waals surface area (Å²) in [6.45, 7) is 0. The first-order chi connectivity index (χ1) is 13.2. The Hall–Kier alpha value is -2.78. The van der Waals surface area contributed by atoms with Crippen LogP contribution in [0.5, 0.6) is 11.5 Å². The van der Waals surface area contributed by atoms with Crippen molar-refractivity contribution < 1.29 is 14.3 Å². The van der Waals surface area contributed by atoms with Crippen LogP contribution in [0.15, 0.2) is 52.9 Å². The maximum Gasteiger partial charge on any atom is 0.234 e. The summed E-state index contributed by atoms with van der Waals surface area (Å²) in [5.74, 6) is 1.61. The van der Waals surface area contributed by atoms with Gasteiger partial charge in [0.05, 0.1) is 20.0 Å². The molecule has 0 saturated heterocycles. The molecule has 1 amide bonds. The number of hydrogen-bond donors (Lipinski definition) is 2. The molecule has 0 fully saturated rings. The number of nitrogens with zero attached hydrogens (tertiary/aromatic N) is 2. The Morgan fingerprint density at radius 2 is 1.81 bits per heavy atom. The second kappa shape index (κ2) is 9.24. The molecule has 0 aliphatic heterocycles. The minimum Gasteiger partial charge on any atom is -0.497 e. The van der Waals surface area contributed by atoms with Crippen molar-refractivity contribution in [2.75, 3.05) is 30.6 Å². The predicted octanol–water partition coefficient (Wildman–Crippen LogP) is 4.03. The van der Waals surface area contributed by atoms with Crippen molar-refractivity contribution in [3.63, 3.8) is 0 Å². The van der Waals surface area contributed by atoms with Gasteiger partial charge in [0.15, 0.2) is 4.34 Å². The monoisotopic (exact) mass is 402 g/mol. The van der Waals surface area contributed by atoms with E-state index in [0.29, 0.717) is 20.9 Å². The third-order valence-electron chi connectivity index (χ3n) is 3.43. The molecule has 3 aromatic rings. The highest BCUT2D eigenvalue weighted by Gasteiger charge is 2.09. The number of nitrogens with one attached hydrogen (secondary N) is 2. The lowest BCUT2D eigenvalue weighted by Gasteiger charge is -2.06. The van der Waals surface area contributed by atoms with E-state index in [-0.39, 0.29) is 11.7 Å². The summed E-state index contributed by atoms with van der Waals surface area (Å²) in [6, 6.07) is 14.7. The fourth-order valence-corrected chi connectivity index (χ4v) is 3.71. The summed E-state index contributed by atoms with van der Waals surface area (Å²) >= 11 is 2.73. The molecule has 9 heteroatoms. The highest BCUT2D eigenvalue weighted by molar-refractivity contribution is 8.01. The standard InChI is InChI=1S/C18H18N4O3S2/c1-24-14-8-6-12(7-9-14)20-17-21-22-18(27-17)26-11-16(23)19-13-4-3-5-15(10-13)25-2/h3-10H,11H2,1-2H3,(H,19,23)(H,20,21). The van der Waals surface area contributed by atoms with Crippen molar-refractivity contribution in [1.29, 1.82) is 0 Å². The highest BCUT2D eigenvalue weighted by Crippen LogP contribution is 2.28. The minimum absolute atomic E-state index is 0.117. The topological polar surface area (TPSA) is 85.4 Å². The first-order valence-corrected chi connectivity index (χ1v) is 9.78. The molecule has 0 atom stereocenters. The number of amides is 1. The van der Waals surface area contributed by atoms with E-state index < -0.39 is 0 Å². The van der Waals surface area contributed by atoms with Crippen LogP contribution in [0.4, 0.5) is 16.5 Å². The Morgan fingerprint density at radius 3 is 2.56 bits per heavy atom. The lowest BCUT2D eigenvalue weighted by molar-refractivity contribution is -0.113. The van der Waals surface area contributed by atoms with Crippen molar-refractivity contribution in [2.24, 2.45) is 0 Å². The highest BCUT2D eigenvalue weighted by atomic mass is 32.2. The van der Waals surface area contributed by atoms with E-state index in [2.05, 4.69) is 20.8 Å². The lowest BCUT2D eigenvalue weighted by Crippen LogP contribution is -2.13. The smallest absolute Gasteiger partial charge is 0.234 e. The Morgan fingerprint density at radius 1 is 1.04 bits per heavy atom. The predicted molar refractivity (Wildman–Crippen MR) is 109 cm³/mol. The normalized spacial score (nSPS) is 10.3. The molecule has 1 heterocycles. The van der Waals surface area contributed by atoms with E-state index in [0.717, 1.165) is 11.4 Å². The molecular formula is C18H18N4O3S2. The molecule has 3 rings (SSSR count). The molecular weight excluding hydrogens is 384 g/mol. The van der Waals surface area contributed by atoms with Gasteiger partial charge in [0.25, 0.3) is 0 Å². The summed E-state index contributed by atoms with van der Waals surface area (Å²) in [4.78, 5) is 12.1. The maximum absolute atomic E-state index is 12.1. The van der Waals surface area contributed by atoms with E-state index in [1.54, 1.807) is 20.3 Å². The van der Waals surface area contributed by atoms with Crippen LogP contribution in [0.3, 0.4) is 0 Å². The van der Waals surface area contributed by atoms with Crippen molar-refractivity contribution in [2.45, 2.75) is 4.34 Å². The third kappa shape index (κ3) is 5.60. The molecule has 2 aromatic carbocycles. The van der Waals surface area contributed by atoms with Gasteiger partial charge < -0.3 is 20.1 Å². The molecule has 140 valence electrons. The summed E-state index contributed by atoms with van der Waals surface area (Å²) in [7, 11) is 3.21. The van der Waals surface area contributed by atoms with Crippen LogP contribution in [0.25, 0.3) is 0 Å². The SMILES string of the molecule is COc1ccc(Nc2nnc(SCC(=O)Nc3cccc(OC)c3)s2)cc1. The number of aromatic nitrogens is 2. The average molecular weight is 403 g/mol. The second-order valence-electron chi connectivity index (χ2n) is 5.30. The third-order valence-corrected chi connectivity index (χ3v) is 5.40. The Labute approximate surface area is 165 Å². The van der Waals surface area contributed by atoms with Crippen LogP contribution in [0.2, 0.25) is 0 Å². The number of anilines is 3. The summed E-state index contributed by atoms with van der Waals surface area (Å²) in [6.07, 6.45) is 0. The van der Waals surface area contributed by atoms with Crippen LogP contribution in [0.1, 0.15) is 0 Å². The van der Waals surface area contributed by atoms with Crippen LogP contribution in [0, 0.1) is 0 Å². The first-order valence-electron chi connectivity index (χ1n) is 7.97. The van der Waals surface area contributed by atoms with Crippen LogP contribution in [-0.4, -0.2) is 36.1 Å². The van der Waals surface area contributed by atoms with Gasteiger partial charge in [-0.3, -0.25) is 4.79 Å². The molecule has 0 bridgehead atoms.